The molecular weight excluding hydrogens is 306 g/mol. The molecule has 2 aromatic rings. The number of carboxylic acids is 1. The summed E-state index contributed by atoms with van der Waals surface area (Å²) in [5, 5.41) is 15.5. The molecule has 0 saturated carbocycles. The maximum atomic E-state index is 11.8. The van der Waals surface area contributed by atoms with Gasteiger partial charge < -0.3 is 10.8 Å². The van der Waals surface area contributed by atoms with E-state index >= 15 is 0 Å². The van der Waals surface area contributed by atoms with Crippen LogP contribution >= 0.6 is 11.3 Å². The summed E-state index contributed by atoms with van der Waals surface area (Å²) in [4.78, 5) is 15.7. The highest BCUT2D eigenvalue weighted by Gasteiger charge is 2.28. The number of nitrogen functional groups attached to an aromatic ring is 1. The zero-order chi connectivity index (χ0) is 15.1. The molecule has 0 radical (unpaired) electrons. The molecule has 3 N–H and O–H groups in total. The Kier molecular flexibility index (Phi) is 3.48. The summed E-state index contributed by atoms with van der Waals surface area (Å²) in [5.74, 6) is -2.83. The summed E-state index contributed by atoms with van der Waals surface area (Å²) in [7, 11) is -4.12. The Hall–Kier alpha value is -2.01. The fourth-order valence-corrected chi connectivity index (χ4v) is 3.31. The van der Waals surface area contributed by atoms with Crippen LogP contribution in [-0.4, -0.2) is 45.2 Å². The van der Waals surface area contributed by atoms with Crippen LogP contribution in [0.2, 0.25) is 0 Å². The van der Waals surface area contributed by atoms with Gasteiger partial charge in [0.05, 0.1) is 5.69 Å². The third-order valence-electron chi connectivity index (χ3n) is 2.48. The summed E-state index contributed by atoms with van der Waals surface area (Å²) in [5.41, 5.74) is 6.46. The average Bonchev–Trinajstić information content (AvgIpc) is 2.82. The van der Waals surface area contributed by atoms with Crippen LogP contribution in [0, 0.1) is 13.8 Å². The fourth-order valence-electron chi connectivity index (χ4n) is 1.42. The Bertz CT molecular complexity index is 757. The van der Waals surface area contributed by atoms with Gasteiger partial charge in [0.15, 0.2) is 11.6 Å². The van der Waals surface area contributed by atoms with Gasteiger partial charge in [-0.25, -0.2) is 13.4 Å². The van der Waals surface area contributed by atoms with Crippen LogP contribution in [0.25, 0.3) is 5.13 Å². The number of hydrogen-bond donors (Lipinski definition) is 2. The van der Waals surface area contributed by atoms with Crippen LogP contribution in [0.15, 0.2) is 5.03 Å². The first kappa shape index (κ1) is 14.4. The van der Waals surface area contributed by atoms with Crippen molar-refractivity contribution in [3.8, 4) is 5.13 Å². The van der Waals surface area contributed by atoms with Gasteiger partial charge in [-0.2, -0.15) is 4.68 Å². The van der Waals surface area contributed by atoms with Gasteiger partial charge in [0.1, 0.15) is 0 Å². The van der Waals surface area contributed by atoms with Crippen molar-refractivity contribution in [3.05, 3.63) is 10.6 Å². The molecule has 108 valence electrons. The number of thiazole rings is 1. The van der Waals surface area contributed by atoms with Crippen LogP contribution in [-0.2, 0) is 14.6 Å². The second-order valence-electron chi connectivity index (χ2n) is 3.98. The molecule has 9 nitrogen and oxygen atoms in total. The second kappa shape index (κ2) is 4.83. The monoisotopic (exact) mass is 317 g/mol. The van der Waals surface area contributed by atoms with Crippen molar-refractivity contribution in [1.29, 1.82) is 0 Å². The standard InChI is InChI=1S/C9H11N5O4S2/c1-4-5(2)19-9(11-4)14-7(10)8(12-13-14)20(17,18)3-6(15)16/h3,10H2,1-2H3,(H,15,16). The van der Waals surface area contributed by atoms with Crippen molar-refractivity contribution in [2.24, 2.45) is 0 Å². The Morgan fingerprint density at radius 1 is 1.45 bits per heavy atom. The predicted molar refractivity (Wildman–Crippen MR) is 70.6 cm³/mol. The number of carboxylic acid groups (broad SMARTS) is 1. The first-order valence-electron chi connectivity index (χ1n) is 5.32. The van der Waals surface area contributed by atoms with Gasteiger partial charge in [-0.3, -0.25) is 4.79 Å². The third-order valence-corrected chi connectivity index (χ3v) is 5.03. The molecular formula is C9H11N5O4S2. The van der Waals surface area contributed by atoms with Crippen LogP contribution in [0.3, 0.4) is 0 Å². The van der Waals surface area contributed by atoms with Crippen LogP contribution in [0.1, 0.15) is 10.6 Å². The topological polar surface area (TPSA) is 141 Å². The number of hydrogen-bond acceptors (Lipinski definition) is 8. The minimum absolute atomic E-state index is 0.250. The lowest BCUT2D eigenvalue weighted by molar-refractivity contribution is -0.134. The van der Waals surface area contributed by atoms with Crippen molar-refractivity contribution in [2.75, 3.05) is 11.5 Å². The SMILES string of the molecule is Cc1nc(-n2nnc(S(=O)(=O)CC(=O)O)c2N)sc1C. The van der Waals surface area contributed by atoms with Crippen molar-refractivity contribution >= 4 is 33.0 Å². The van der Waals surface area contributed by atoms with Gasteiger partial charge in [0.25, 0.3) is 0 Å². The first-order valence-corrected chi connectivity index (χ1v) is 7.79. The van der Waals surface area contributed by atoms with E-state index in [-0.39, 0.29) is 5.82 Å². The lowest BCUT2D eigenvalue weighted by Gasteiger charge is -1.99. The zero-order valence-corrected chi connectivity index (χ0v) is 12.2. The maximum absolute atomic E-state index is 11.8. The number of aromatic nitrogens is 4. The zero-order valence-electron chi connectivity index (χ0n) is 10.6. The molecule has 0 aliphatic carbocycles. The molecule has 0 fully saturated rings. The van der Waals surface area contributed by atoms with Crippen molar-refractivity contribution in [1.82, 2.24) is 20.0 Å². The first-order chi connectivity index (χ1) is 9.22. The molecule has 0 aliphatic heterocycles. The molecule has 0 aromatic carbocycles. The normalized spacial score (nSPS) is 11.7. The van der Waals surface area contributed by atoms with Crippen molar-refractivity contribution in [2.45, 2.75) is 18.9 Å². The number of carbonyl (C=O) groups is 1. The third kappa shape index (κ3) is 2.49. The largest absolute Gasteiger partial charge is 0.480 e. The Labute approximate surface area is 118 Å². The molecule has 0 unspecified atom stereocenters. The smallest absolute Gasteiger partial charge is 0.319 e. The lowest BCUT2D eigenvalue weighted by atomic mass is 10.4. The number of anilines is 1. The van der Waals surface area contributed by atoms with Gasteiger partial charge in [-0.1, -0.05) is 16.6 Å². The van der Waals surface area contributed by atoms with E-state index in [0.29, 0.717) is 5.13 Å². The number of rotatable bonds is 4. The molecule has 0 aliphatic rings. The summed E-state index contributed by atoms with van der Waals surface area (Å²) in [6.07, 6.45) is 0. The fraction of sp³-hybridized carbons (Fsp3) is 0.333. The van der Waals surface area contributed by atoms with Crippen molar-refractivity contribution < 1.29 is 18.3 Å². The van der Waals surface area contributed by atoms with Crippen molar-refractivity contribution in [3.63, 3.8) is 0 Å². The van der Waals surface area contributed by atoms with E-state index in [1.54, 1.807) is 6.92 Å². The van der Waals surface area contributed by atoms with Gasteiger partial charge >= 0.3 is 5.97 Å². The van der Waals surface area contributed by atoms with Gasteiger partial charge in [-0.05, 0) is 13.8 Å². The number of aryl methyl sites for hydroxylation is 2. The minimum atomic E-state index is -4.12. The van der Waals surface area contributed by atoms with E-state index in [2.05, 4.69) is 15.3 Å². The highest BCUT2D eigenvalue weighted by molar-refractivity contribution is 7.92. The number of nitrogens with zero attached hydrogens (tertiary/aromatic N) is 4. The predicted octanol–water partition coefficient (Wildman–Crippen LogP) is -0.219. The summed E-state index contributed by atoms with van der Waals surface area (Å²) in [6.45, 7) is 3.65. The molecule has 0 spiro atoms. The van der Waals surface area contributed by atoms with E-state index in [1.807, 2.05) is 6.92 Å². The van der Waals surface area contributed by atoms with Gasteiger partial charge in [0, 0.05) is 4.88 Å². The summed E-state index contributed by atoms with van der Waals surface area (Å²) < 4.78 is 24.7. The van der Waals surface area contributed by atoms with E-state index in [4.69, 9.17) is 10.8 Å². The Morgan fingerprint density at radius 3 is 2.60 bits per heavy atom. The average molecular weight is 317 g/mol. The van der Waals surface area contributed by atoms with E-state index < -0.39 is 26.6 Å². The molecule has 11 heteroatoms. The van der Waals surface area contributed by atoms with Gasteiger partial charge in [-0.15, -0.1) is 5.10 Å². The lowest BCUT2D eigenvalue weighted by Crippen LogP contribution is -2.17. The molecule has 0 amide bonds. The molecule has 2 aromatic heterocycles. The van der Waals surface area contributed by atoms with Gasteiger partial charge in [0.2, 0.25) is 20.0 Å². The Balaban J connectivity index is 2.49. The van der Waals surface area contributed by atoms with Crippen LogP contribution < -0.4 is 5.73 Å². The molecule has 0 bridgehead atoms. The van der Waals surface area contributed by atoms with E-state index in [0.717, 1.165) is 15.3 Å². The van der Waals surface area contributed by atoms with E-state index in [9.17, 15) is 13.2 Å². The van der Waals surface area contributed by atoms with E-state index in [1.165, 1.54) is 11.3 Å². The number of aliphatic carboxylic acids is 1. The van der Waals surface area contributed by atoms with Crippen LogP contribution in [0.4, 0.5) is 5.82 Å². The minimum Gasteiger partial charge on any atom is -0.480 e. The second-order valence-corrected chi connectivity index (χ2v) is 7.07. The van der Waals surface area contributed by atoms with Crippen LogP contribution in [0.5, 0.6) is 0 Å². The highest BCUT2D eigenvalue weighted by Crippen LogP contribution is 2.24. The summed E-state index contributed by atoms with van der Waals surface area (Å²) >= 11 is 1.28. The molecule has 0 atom stereocenters. The molecule has 20 heavy (non-hydrogen) atoms. The quantitative estimate of drug-likeness (QED) is 0.788. The highest BCUT2D eigenvalue weighted by atomic mass is 32.2. The number of nitrogens with two attached hydrogens (primary N) is 1. The maximum Gasteiger partial charge on any atom is 0.319 e. The Morgan fingerprint density at radius 2 is 2.10 bits per heavy atom. The molecule has 0 saturated heterocycles. The molecule has 2 rings (SSSR count). The number of sulfone groups is 1. The summed E-state index contributed by atoms with van der Waals surface area (Å²) in [6, 6.07) is 0. The molecule has 2 heterocycles.